The Bertz CT molecular complexity index is 614. The van der Waals surface area contributed by atoms with E-state index in [2.05, 4.69) is 15.3 Å². The van der Waals surface area contributed by atoms with Gasteiger partial charge >= 0.3 is 0 Å². The highest BCUT2D eigenvalue weighted by Gasteiger charge is 2.21. The van der Waals surface area contributed by atoms with Crippen LogP contribution in [0, 0.1) is 10.1 Å². The Morgan fingerprint density at radius 3 is 2.95 bits per heavy atom. The second-order valence-electron chi connectivity index (χ2n) is 3.49. The van der Waals surface area contributed by atoms with Gasteiger partial charge in [-0.3, -0.25) is 14.9 Å². The smallest absolute Gasteiger partial charge is 0.300 e. The lowest BCUT2D eigenvalue weighted by molar-refractivity contribution is -0.385. The molecule has 0 radical (unpaired) electrons. The Morgan fingerprint density at radius 2 is 2.32 bits per heavy atom. The van der Waals surface area contributed by atoms with Crippen molar-refractivity contribution in [2.75, 3.05) is 5.73 Å². The van der Waals surface area contributed by atoms with Gasteiger partial charge in [0.1, 0.15) is 22.6 Å². The van der Waals surface area contributed by atoms with Crippen LogP contribution in [0.2, 0.25) is 0 Å². The minimum Gasteiger partial charge on any atom is -0.384 e. The summed E-state index contributed by atoms with van der Waals surface area (Å²) in [5.41, 5.74) is 4.93. The standard InChI is InChI=1S/C10H9N5O3S/c11-8-3-6(7(4-13-8)15(17)18)10(16)14-5-9-12-1-2-19-9/h1-4H,5H2,(H2,11,13)(H,14,16). The highest BCUT2D eigenvalue weighted by molar-refractivity contribution is 7.09. The van der Waals surface area contributed by atoms with Crippen LogP contribution < -0.4 is 11.1 Å². The number of nitro groups is 1. The maximum atomic E-state index is 11.9. The summed E-state index contributed by atoms with van der Waals surface area (Å²) in [4.78, 5) is 29.6. The molecule has 0 spiro atoms. The third-order valence-corrected chi connectivity index (χ3v) is 3.01. The van der Waals surface area contributed by atoms with E-state index in [4.69, 9.17) is 5.73 Å². The van der Waals surface area contributed by atoms with Crippen LogP contribution in [-0.2, 0) is 6.54 Å². The first-order valence-corrected chi connectivity index (χ1v) is 6.02. The SMILES string of the molecule is Nc1cc(C(=O)NCc2nccs2)c([N+](=O)[O-])cn1. The van der Waals surface area contributed by atoms with Crippen molar-refractivity contribution in [2.24, 2.45) is 0 Å². The van der Waals surface area contributed by atoms with Gasteiger partial charge in [-0.25, -0.2) is 9.97 Å². The number of nitrogen functional groups attached to an aromatic ring is 1. The normalized spacial score (nSPS) is 10.1. The van der Waals surface area contributed by atoms with Crippen molar-refractivity contribution in [1.82, 2.24) is 15.3 Å². The predicted octanol–water partition coefficient (Wildman–Crippen LogP) is 0.958. The van der Waals surface area contributed by atoms with Gasteiger partial charge in [-0.1, -0.05) is 0 Å². The van der Waals surface area contributed by atoms with Gasteiger partial charge in [-0.15, -0.1) is 11.3 Å². The molecule has 1 amide bonds. The number of amides is 1. The molecule has 0 saturated carbocycles. The summed E-state index contributed by atoms with van der Waals surface area (Å²) in [5.74, 6) is -0.541. The van der Waals surface area contributed by atoms with Gasteiger partial charge in [0, 0.05) is 11.6 Å². The number of anilines is 1. The average molecular weight is 279 g/mol. The maximum absolute atomic E-state index is 11.9. The molecule has 19 heavy (non-hydrogen) atoms. The largest absolute Gasteiger partial charge is 0.384 e. The molecule has 0 atom stereocenters. The first kappa shape index (κ1) is 12.9. The van der Waals surface area contributed by atoms with E-state index in [0.717, 1.165) is 6.20 Å². The molecular formula is C10H9N5O3S. The van der Waals surface area contributed by atoms with E-state index >= 15 is 0 Å². The van der Waals surface area contributed by atoms with E-state index in [0.29, 0.717) is 5.01 Å². The quantitative estimate of drug-likeness (QED) is 0.634. The molecule has 0 saturated heterocycles. The minimum absolute atomic E-state index is 0.0463. The van der Waals surface area contributed by atoms with Gasteiger partial charge in [0.15, 0.2) is 0 Å². The molecule has 98 valence electrons. The van der Waals surface area contributed by atoms with Crippen LogP contribution in [0.4, 0.5) is 11.5 Å². The molecule has 0 aliphatic carbocycles. The van der Waals surface area contributed by atoms with E-state index in [-0.39, 0.29) is 23.6 Å². The van der Waals surface area contributed by atoms with E-state index in [9.17, 15) is 14.9 Å². The number of nitrogens with zero attached hydrogens (tertiary/aromatic N) is 3. The molecule has 0 bridgehead atoms. The van der Waals surface area contributed by atoms with Crippen molar-refractivity contribution in [3.63, 3.8) is 0 Å². The lowest BCUT2D eigenvalue weighted by atomic mass is 10.2. The predicted molar refractivity (Wildman–Crippen MR) is 68.6 cm³/mol. The van der Waals surface area contributed by atoms with Gasteiger partial charge in [0.25, 0.3) is 11.6 Å². The zero-order chi connectivity index (χ0) is 13.8. The van der Waals surface area contributed by atoms with E-state index in [1.165, 1.54) is 17.4 Å². The molecule has 2 aromatic rings. The van der Waals surface area contributed by atoms with Crippen molar-refractivity contribution < 1.29 is 9.72 Å². The molecule has 2 heterocycles. The number of aromatic nitrogens is 2. The van der Waals surface area contributed by atoms with Crippen LogP contribution in [0.5, 0.6) is 0 Å². The number of pyridine rings is 1. The molecule has 0 aliphatic heterocycles. The minimum atomic E-state index is -0.676. The molecule has 8 nitrogen and oxygen atoms in total. The third kappa shape index (κ3) is 3.01. The fraction of sp³-hybridized carbons (Fsp3) is 0.100. The Kier molecular flexibility index (Phi) is 3.66. The Morgan fingerprint density at radius 1 is 1.53 bits per heavy atom. The highest BCUT2D eigenvalue weighted by atomic mass is 32.1. The Hall–Kier alpha value is -2.55. The van der Waals surface area contributed by atoms with Crippen molar-refractivity contribution in [2.45, 2.75) is 6.54 Å². The molecule has 2 aromatic heterocycles. The number of carbonyl (C=O) groups is 1. The summed E-state index contributed by atoms with van der Waals surface area (Å²) in [6.07, 6.45) is 2.58. The van der Waals surface area contributed by atoms with Gasteiger partial charge in [-0.05, 0) is 6.07 Å². The zero-order valence-electron chi connectivity index (χ0n) is 9.57. The van der Waals surface area contributed by atoms with Crippen molar-refractivity contribution in [3.8, 4) is 0 Å². The number of hydrogen-bond acceptors (Lipinski definition) is 7. The third-order valence-electron chi connectivity index (χ3n) is 2.23. The summed E-state index contributed by atoms with van der Waals surface area (Å²) in [7, 11) is 0. The number of carbonyl (C=O) groups excluding carboxylic acids is 1. The Labute approximate surface area is 111 Å². The number of nitrogens with two attached hydrogens (primary N) is 1. The fourth-order valence-electron chi connectivity index (χ4n) is 1.38. The average Bonchev–Trinajstić information content (AvgIpc) is 2.88. The fourth-order valence-corrected chi connectivity index (χ4v) is 1.94. The number of nitrogens with one attached hydrogen (secondary N) is 1. The second-order valence-corrected chi connectivity index (χ2v) is 4.47. The summed E-state index contributed by atoms with van der Waals surface area (Å²) in [6.45, 7) is 0.204. The Balaban J connectivity index is 2.18. The summed E-state index contributed by atoms with van der Waals surface area (Å²) < 4.78 is 0. The number of rotatable bonds is 4. The van der Waals surface area contributed by atoms with Crippen LogP contribution in [0.25, 0.3) is 0 Å². The lowest BCUT2D eigenvalue weighted by Crippen LogP contribution is -2.24. The molecular weight excluding hydrogens is 270 g/mol. The molecule has 0 aromatic carbocycles. The first-order valence-electron chi connectivity index (χ1n) is 5.14. The van der Waals surface area contributed by atoms with E-state index in [1.807, 2.05) is 0 Å². The first-order chi connectivity index (χ1) is 9.08. The maximum Gasteiger partial charge on any atom is 0.300 e. The van der Waals surface area contributed by atoms with Crippen molar-refractivity contribution in [1.29, 1.82) is 0 Å². The summed E-state index contributed by atoms with van der Waals surface area (Å²) >= 11 is 1.38. The van der Waals surface area contributed by atoms with Crippen molar-refractivity contribution in [3.05, 3.63) is 44.5 Å². The van der Waals surface area contributed by atoms with Gasteiger partial charge in [-0.2, -0.15) is 0 Å². The van der Waals surface area contributed by atoms with E-state index in [1.54, 1.807) is 11.6 Å². The highest BCUT2D eigenvalue weighted by Crippen LogP contribution is 2.19. The monoisotopic (exact) mass is 279 g/mol. The molecule has 0 aliphatic rings. The summed E-state index contributed by atoms with van der Waals surface area (Å²) in [5, 5.41) is 15.8. The van der Waals surface area contributed by atoms with Crippen LogP contribution in [0.3, 0.4) is 0 Å². The van der Waals surface area contributed by atoms with Crippen LogP contribution in [0.15, 0.2) is 23.8 Å². The second kappa shape index (κ2) is 5.40. The number of hydrogen-bond donors (Lipinski definition) is 2. The molecule has 9 heteroatoms. The molecule has 0 unspecified atom stereocenters. The van der Waals surface area contributed by atoms with Gasteiger partial charge in [0.2, 0.25) is 0 Å². The van der Waals surface area contributed by atoms with Crippen LogP contribution >= 0.6 is 11.3 Å². The molecule has 0 fully saturated rings. The van der Waals surface area contributed by atoms with Crippen molar-refractivity contribution >= 4 is 28.7 Å². The topological polar surface area (TPSA) is 124 Å². The van der Waals surface area contributed by atoms with Crippen LogP contribution in [-0.4, -0.2) is 20.8 Å². The van der Waals surface area contributed by atoms with E-state index < -0.39 is 10.8 Å². The summed E-state index contributed by atoms with van der Waals surface area (Å²) in [6, 6.07) is 1.18. The lowest BCUT2D eigenvalue weighted by Gasteiger charge is -2.04. The van der Waals surface area contributed by atoms with Gasteiger partial charge in [0.05, 0.1) is 11.5 Å². The van der Waals surface area contributed by atoms with Crippen LogP contribution in [0.1, 0.15) is 15.4 Å². The number of thiazole rings is 1. The zero-order valence-corrected chi connectivity index (χ0v) is 10.4. The molecule has 3 N–H and O–H groups in total. The van der Waals surface area contributed by atoms with Gasteiger partial charge < -0.3 is 11.1 Å². The molecule has 2 rings (SSSR count).